The van der Waals surface area contributed by atoms with E-state index in [-0.39, 0.29) is 24.6 Å². The molecule has 0 bridgehead atoms. The Morgan fingerprint density at radius 1 is 1.47 bits per heavy atom. The third-order valence-corrected chi connectivity index (χ3v) is 2.90. The fourth-order valence-electron chi connectivity index (χ4n) is 1.53. The molecule has 1 aromatic rings. The van der Waals surface area contributed by atoms with Crippen molar-refractivity contribution in [3.63, 3.8) is 0 Å². The van der Waals surface area contributed by atoms with Crippen LogP contribution in [0.1, 0.15) is 39.0 Å². The van der Waals surface area contributed by atoms with E-state index >= 15 is 0 Å². The molecule has 0 saturated carbocycles. The van der Waals surface area contributed by atoms with Crippen LogP contribution in [0.25, 0.3) is 0 Å². The molecule has 0 aliphatic carbocycles. The highest BCUT2D eigenvalue weighted by Gasteiger charge is 2.18. The molecule has 1 rings (SSSR count). The summed E-state index contributed by atoms with van der Waals surface area (Å²) in [5.41, 5.74) is 0. The maximum absolute atomic E-state index is 9.06. The van der Waals surface area contributed by atoms with E-state index in [0.717, 1.165) is 12.2 Å². The van der Waals surface area contributed by atoms with Gasteiger partial charge in [-0.3, -0.25) is 0 Å². The number of aliphatic hydroxyl groups excluding tert-OH is 1. The first-order valence-corrected chi connectivity index (χ1v) is 5.59. The van der Waals surface area contributed by atoms with Crippen molar-refractivity contribution in [2.24, 2.45) is 5.92 Å². The largest absolute Gasteiger partial charge is 0.468 e. The molecule has 1 heterocycles. The van der Waals surface area contributed by atoms with Crippen LogP contribution in [-0.2, 0) is 0 Å². The Labute approximate surface area is 91.5 Å². The molecule has 0 spiro atoms. The van der Waals surface area contributed by atoms with Crippen molar-refractivity contribution in [2.45, 2.75) is 39.3 Å². The molecule has 1 aromatic heterocycles. The molecule has 2 N–H and O–H groups in total. The van der Waals surface area contributed by atoms with Crippen LogP contribution in [0.15, 0.2) is 22.8 Å². The zero-order valence-corrected chi connectivity index (χ0v) is 9.73. The minimum Gasteiger partial charge on any atom is -0.468 e. The Morgan fingerprint density at radius 2 is 2.20 bits per heavy atom. The van der Waals surface area contributed by atoms with Crippen molar-refractivity contribution in [1.82, 2.24) is 5.32 Å². The van der Waals surface area contributed by atoms with Gasteiger partial charge in [-0.05, 0) is 31.4 Å². The maximum Gasteiger partial charge on any atom is 0.120 e. The highest BCUT2D eigenvalue weighted by atomic mass is 16.3. The van der Waals surface area contributed by atoms with Gasteiger partial charge in [-0.15, -0.1) is 0 Å². The van der Waals surface area contributed by atoms with Crippen molar-refractivity contribution in [2.75, 3.05) is 6.61 Å². The molecule has 0 amide bonds. The summed E-state index contributed by atoms with van der Waals surface area (Å²) in [4.78, 5) is 0. The lowest BCUT2D eigenvalue weighted by atomic mass is 10.0. The molecule has 86 valence electrons. The first kappa shape index (κ1) is 12.3. The molecule has 3 nitrogen and oxygen atoms in total. The molecule has 0 aromatic carbocycles. The average molecular weight is 211 g/mol. The van der Waals surface area contributed by atoms with Crippen LogP contribution in [0.4, 0.5) is 0 Å². The molecular weight excluding hydrogens is 190 g/mol. The van der Waals surface area contributed by atoms with Crippen LogP contribution >= 0.6 is 0 Å². The molecule has 0 fully saturated rings. The number of rotatable bonds is 6. The zero-order chi connectivity index (χ0) is 11.3. The molecule has 0 aliphatic heterocycles. The van der Waals surface area contributed by atoms with Gasteiger partial charge >= 0.3 is 0 Å². The fourth-order valence-corrected chi connectivity index (χ4v) is 1.53. The third kappa shape index (κ3) is 3.36. The Hall–Kier alpha value is -0.800. The molecular formula is C12H21NO2. The van der Waals surface area contributed by atoms with Gasteiger partial charge in [0, 0.05) is 12.6 Å². The van der Waals surface area contributed by atoms with Gasteiger partial charge in [0.1, 0.15) is 5.76 Å². The fraction of sp³-hybridized carbons (Fsp3) is 0.667. The van der Waals surface area contributed by atoms with Crippen LogP contribution in [0.3, 0.4) is 0 Å². The summed E-state index contributed by atoms with van der Waals surface area (Å²) in [5, 5.41) is 12.5. The van der Waals surface area contributed by atoms with Crippen LogP contribution in [0.2, 0.25) is 0 Å². The lowest BCUT2D eigenvalue weighted by molar-refractivity contribution is 0.197. The second-order valence-corrected chi connectivity index (χ2v) is 4.09. The van der Waals surface area contributed by atoms with Gasteiger partial charge < -0.3 is 14.8 Å². The summed E-state index contributed by atoms with van der Waals surface area (Å²) in [6.07, 6.45) is 2.68. The van der Waals surface area contributed by atoms with Gasteiger partial charge in [-0.2, -0.15) is 0 Å². The highest BCUT2D eigenvalue weighted by Crippen LogP contribution is 2.18. The Kier molecular flexibility index (Phi) is 4.85. The SMILES string of the molecule is CCC(NC(C)C(C)CO)c1ccco1. The average Bonchev–Trinajstić information content (AvgIpc) is 2.77. The number of nitrogens with one attached hydrogen (secondary N) is 1. The third-order valence-electron chi connectivity index (χ3n) is 2.90. The van der Waals surface area contributed by atoms with Gasteiger partial charge in [0.25, 0.3) is 0 Å². The predicted molar refractivity (Wildman–Crippen MR) is 60.6 cm³/mol. The molecule has 15 heavy (non-hydrogen) atoms. The summed E-state index contributed by atoms with van der Waals surface area (Å²) in [6, 6.07) is 4.41. The maximum atomic E-state index is 9.06. The Bertz CT molecular complexity index is 259. The first-order chi connectivity index (χ1) is 7.19. The number of aliphatic hydroxyl groups is 1. The van der Waals surface area contributed by atoms with E-state index in [1.165, 1.54) is 0 Å². The van der Waals surface area contributed by atoms with E-state index in [0.29, 0.717) is 0 Å². The van der Waals surface area contributed by atoms with Gasteiger partial charge in [0.15, 0.2) is 0 Å². The van der Waals surface area contributed by atoms with Crippen LogP contribution < -0.4 is 5.32 Å². The predicted octanol–water partition coefficient (Wildman–Crippen LogP) is 2.34. The molecule has 0 saturated heterocycles. The standard InChI is InChI=1S/C12H21NO2/c1-4-11(12-6-5-7-15-12)13-10(3)9(2)8-14/h5-7,9-11,13-14H,4,8H2,1-3H3. The van der Waals surface area contributed by atoms with Gasteiger partial charge in [0.2, 0.25) is 0 Å². The van der Waals surface area contributed by atoms with Gasteiger partial charge in [-0.1, -0.05) is 13.8 Å². The second kappa shape index (κ2) is 5.93. The minimum absolute atomic E-state index is 0.211. The summed E-state index contributed by atoms with van der Waals surface area (Å²) in [5.74, 6) is 1.23. The van der Waals surface area contributed by atoms with E-state index in [1.54, 1.807) is 6.26 Å². The normalized spacial score (nSPS) is 17.3. The van der Waals surface area contributed by atoms with E-state index in [1.807, 2.05) is 19.1 Å². The van der Waals surface area contributed by atoms with Gasteiger partial charge in [0.05, 0.1) is 12.3 Å². The quantitative estimate of drug-likeness (QED) is 0.759. The molecule has 3 atom stereocenters. The van der Waals surface area contributed by atoms with E-state index in [4.69, 9.17) is 9.52 Å². The monoisotopic (exact) mass is 211 g/mol. The summed E-state index contributed by atoms with van der Waals surface area (Å²) in [7, 11) is 0. The van der Waals surface area contributed by atoms with Crippen molar-refractivity contribution in [3.8, 4) is 0 Å². The van der Waals surface area contributed by atoms with E-state index in [9.17, 15) is 0 Å². The van der Waals surface area contributed by atoms with Crippen LogP contribution in [-0.4, -0.2) is 17.8 Å². The van der Waals surface area contributed by atoms with E-state index in [2.05, 4.69) is 19.2 Å². The number of hydrogen-bond donors (Lipinski definition) is 2. The van der Waals surface area contributed by atoms with Crippen molar-refractivity contribution in [1.29, 1.82) is 0 Å². The molecule has 0 radical (unpaired) electrons. The van der Waals surface area contributed by atoms with Crippen molar-refractivity contribution in [3.05, 3.63) is 24.2 Å². The summed E-state index contributed by atoms with van der Waals surface area (Å²) < 4.78 is 5.38. The summed E-state index contributed by atoms with van der Waals surface area (Å²) in [6.45, 7) is 6.46. The van der Waals surface area contributed by atoms with Crippen LogP contribution in [0.5, 0.6) is 0 Å². The second-order valence-electron chi connectivity index (χ2n) is 4.09. The Balaban J connectivity index is 2.54. The summed E-state index contributed by atoms with van der Waals surface area (Å²) >= 11 is 0. The molecule has 0 aliphatic rings. The first-order valence-electron chi connectivity index (χ1n) is 5.59. The van der Waals surface area contributed by atoms with Crippen molar-refractivity contribution < 1.29 is 9.52 Å². The smallest absolute Gasteiger partial charge is 0.120 e. The lowest BCUT2D eigenvalue weighted by Gasteiger charge is -2.24. The lowest BCUT2D eigenvalue weighted by Crippen LogP contribution is -2.36. The molecule has 3 unspecified atom stereocenters. The van der Waals surface area contributed by atoms with E-state index < -0.39 is 0 Å². The zero-order valence-electron chi connectivity index (χ0n) is 9.73. The minimum atomic E-state index is 0.211. The number of furan rings is 1. The topological polar surface area (TPSA) is 45.4 Å². The van der Waals surface area contributed by atoms with Crippen LogP contribution in [0, 0.1) is 5.92 Å². The van der Waals surface area contributed by atoms with Gasteiger partial charge in [-0.25, -0.2) is 0 Å². The Morgan fingerprint density at radius 3 is 2.67 bits per heavy atom. The number of hydrogen-bond acceptors (Lipinski definition) is 3. The highest BCUT2D eigenvalue weighted by molar-refractivity contribution is 5.04. The van der Waals surface area contributed by atoms with Crippen molar-refractivity contribution >= 4 is 0 Å². The molecule has 3 heteroatoms.